The number of benzene rings is 2. The Bertz CT molecular complexity index is 1890. The molecule has 0 bridgehead atoms. The summed E-state index contributed by atoms with van der Waals surface area (Å²) in [6, 6.07) is 20.9. The summed E-state index contributed by atoms with van der Waals surface area (Å²) in [4.78, 5) is 31.4. The molecule has 4 heterocycles. The third-order valence-corrected chi connectivity index (χ3v) is 6.77. The summed E-state index contributed by atoms with van der Waals surface area (Å²) in [6.45, 7) is 2.45. The number of anilines is 1. The number of halogens is 1. The summed E-state index contributed by atoms with van der Waals surface area (Å²) in [5, 5.41) is 4.44. The molecule has 8 nitrogen and oxygen atoms in total. The average Bonchev–Trinajstić information content (AvgIpc) is 2.98. The summed E-state index contributed by atoms with van der Waals surface area (Å²) in [6.07, 6.45) is 4.88. The predicted molar refractivity (Wildman–Crippen MR) is 153 cm³/mol. The van der Waals surface area contributed by atoms with Crippen LogP contribution in [0.3, 0.4) is 0 Å². The van der Waals surface area contributed by atoms with Crippen molar-refractivity contribution in [3.63, 3.8) is 0 Å². The number of methoxy groups -OCH3 is 1. The first kappa shape index (κ1) is 25.1. The second kappa shape index (κ2) is 10.5. The molecule has 2 aromatic carbocycles. The van der Waals surface area contributed by atoms with Gasteiger partial charge in [0, 0.05) is 36.0 Å². The van der Waals surface area contributed by atoms with Gasteiger partial charge >= 0.3 is 0 Å². The lowest BCUT2D eigenvalue weighted by Crippen LogP contribution is -2.17. The Labute approximate surface area is 229 Å². The topological polar surface area (TPSA) is 94.8 Å². The first-order valence-corrected chi connectivity index (χ1v) is 12.8. The third-order valence-electron chi connectivity index (χ3n) is 6.77. The number of nitrogens with zero attached hydrogens (tertiary/aromatic N) is 5. The molecule has 1 atom stereocenters. The second-order valence-corrected chi connectivity index (χ2v) is 9.42. The van der Waals surface area contributed by atoms with Crippen LogP contribution >= 0.6 is 0 Å². The van der Waals surface area contributed by atoms with E-state index >= 15 is 0 Å². The Kier molecular flexibility index (Phi) is 6.61. The quantitative estimate of drug-likeness (QED) is 0.279. The largest absolute Gasteiger partial charge is 0.497 e. The predicted octanol–water partition coefficient (Wildman–Crippen LogP) is 5.77. The van der Waals surface area contributed by atoms with Gasteiger partial charge in [0.25, 0.3) is 0 Å². The Balaban J connectivity index is 1.41. The maximum atomic E-state index is 14.0. The standard InChI is InChI=1S/C31H25FN6O2/c1-19(29-24(26-5-3-4-13-33-26)16-21-15-22(32)8-11-25(21)37-29)36-30-28-27(39)12-14-38(31(28)35-18-34-30)17-20-6-9-23(40-2)10-7-20/h3-16,18-19H,17H2,1-2H3,(H,34,35,36). The van der Waals surface area contributed by atoms with Crippen molar-refractivity contribution in [2.75, 3.05) is 12.4 Å². The van der Waals surface area contributed by atoms with Gasteiger partial charge < -0.3 is 14.6 Å². The molecule has 0 amide bonds. The Morgan fingerprint density at radius 3 is 2.62 bits per heavy atom. The molecule has 0 saturated heterocycles. The fraction of sp³-hybridized carbons (Fsp3) is 0.129. The summed E-state index contributed by atoms with van der Waals surface area (Å²) in [5.74, 6) is 0.840. The fourth-order valence-corrected chi connectivity index (χ4v) is 4.79. The van der Waals surface area contributed by atoms with Crippen molar-refractivity contribution in [3.05, 3.63) is 119 Å². The fourth-order valence-electron chi connectivity index (χ4n) is 4.79. The number of ether oxygens (including phenoxy) is 1. The van der Waals surface area contributed by atoms with E-state index in [0.29, 0.717) is 45.7 Å². The van der Waals surface area contributed by atoms with Gasteiger partial charge in [-0.2, -0.15) is 0 Å². The molecular formula is C31H25FN6O2. The number of aromatic nitrogens is 5. The van der Waals surface area contributed by atoms with Crippen LogP contribution in [0.1, 0.15) is 24.2 Å². The highest BCUT2D eigenvalue weighted by molar-refractivity contribution is 5.87. The normalized spacial score (nSPS) is 12.0. The van der Waals surface area contributed by atoms with Crippen molar-refractivity contribution >= 4 is 27.8 Å². The summed E-state index contributed by atoms with van der Waals surface area (Å²) < 4.78 is 21.2. The Hall–Kier alpha value is -5.18. The highest BCUT2D eigenvalue weighted by Crippen LogP contribution is 2.31. The van der Waals surface area contributed by atoms with E-state index in [1.165, 1.54) is 24.5 Å². The van der Waals surface area contributed by atoms with E-state index in [4.69, 9.17) is 9.72 Å². The van der Waals surface area contributed by atoms with Crippen molar-refractivity contribution in [1.29, 1.82) is 0 Å². The van der Waals surface area contributed by atoms with Crippen LogP contribution in [0.15, 0.2) is 96.3 Å². The van der Waals surface area contributed by atoms with Gasteiger partial charge in [0.1, 0.15) is 34.7 Å². The lowest BCUT2D eigenvalue weighted by molar-refractivity contribution is 0.414. The molecule has 6 aromatic rings. The number of fused-ring (bicyclic) bond motifs is 2. The van der Waals surface area contributed by atoms with E-state index in [0.717, 1.165) is 16.9 Å². The van der Waals surface area contributed by atoms with Gasteiger partial charge in [-0.1, -0.05) is 18.2 Å². The van der Waals surface area contributed by atoms with E-state index < -0.39 is 0 Å². The van der Waals surface area contributed by atoms with Crippen LogP contribution in [0.25, 0.3) is 33.2 Å². The minimum Gasteiger partial charge on any atom is -0.497 e. The first-order valence-electron chi connectivity index (χ1n) is 12.8. The number of nitrogens with one attached hydrogen (secondary N) is 1. The van der Waals surface area contributed by atoms with E-state index in [1.54, 1.807) is 25.6 Å². The van der Waals surface area contributed by atoms with E-state index in [9.17, 15) is 9.18 Å². The lowest BCUT2D eigenvalue weighted by atomic mass is 10.0. The highest BCUT2D eigenvalue weighted by Gasteiger charge is 2.19. The summed E-state index contributed by atoms with van der Waals surface area (Å²) in [5.41, 5.74) is 4.17. The molecule has 40 heavy (non-hydrogen) atoms. The van der Waals surface area contributed by atoms with E-state index in [2.05, 4.69) is 20.3 Å². The summed E-state index contributed by atoms with van der Waals surface area (Å²) in [7, 11) is 1.63. The third kappa shape index (κ3) is 4.84. The number of hydrogen-bond acceptors (Lipinski definition) is 7. The van der Waals surface area contributed by atoms with Crippen LogP contribution in [0.4, 0.5) is 10.2 Å². The van der Waals surface area contributed by atoms with Gasteiger partial charge in [-0.05, 0) is 61.0 Å². The van der Waals surface area contributed by atoms with Crippen molar-refractivity contribution < 1.29 is 9.13 Å². The molecule has 0 aliphatic heterocycles. The zero-order chi connectivity index (χ0) is 27.6. The maximum Gasteiger partial charge on any atom is 0.194 e. The number of pyridine rings is 3. The molecule has 0 aliphatic carbocycles. The molecule has 0 radical (unpaired) electrons. The van der Waals surface area contributed by atoms with E-state index in [-0.39, 0.29) is 17.3 Å². The number of rotatable bonds is 7. The first-order chi connectivity index (χ1) is 19.5. The molecule has 4 aromatic heterocycles. The van der Waals surface area contributed by atoms with Crippen LogP contribution in [-0.2, 0) is 6.54 Å². The molecule has 1 N–H and O–H groups in total. The van der Waals surface area contributed by atoms with Gasteiger partial charge in [-0.15, -0.1) is 0 Å². The van der Waals surface area contributed by atoms with Crippen molar-refractivity contribution in [2.45, 2.75) is 19.5 Å². The Morgan fingerprint density at radius 2 is 1.85 bits per heavy atom. The van der Waals surface area contributed by atoms with Crippen molar-refractivity contribution in [1.82, 2.24) is 24.5 Å². The van der Waals surface area contributed by atoms with Crippen molar-refractivity contribution in [3.8, 4) is 17.0 Å². The smallest absolute Gasteiger partial charge is 0.194 e. The van der Waals surface area contributed by atoms with Gasteiger partial charge in [-0.25, -0.2) is 19.3 Å². The molecule has 0 spiro atoms. The zero-order valence-electron chi connectivity index (χ0n) is 21.9. The molecular weight excluding hydrogens is 507 g/mol. The van der Waals surface area contributed by atoms with Crippen LogP contribution in [0.5, 0.6) is 5.75 Å². The number of hydrogen-bond donors (Lipinski definition) is 1. The molecule has 0 saturated carbocycles. The molecule has 198 valence electrons. The molecule has 9 heteroatoms. The maximum absolute atomic E-state index is 14.0. The zero-order valence-corrected chi connectivity index (χ0v) is 21.9. The molecule has 6 rings (SSSR count). The average molecular weight is 533 g/mol. The van der Waals surface area contributed by atoms with Gasteiger partial charge in [0.15, 0.2) is 5.43 Å². The summed E-state index contributed by atoms with van der Waals surface area (Å²) >= 11 is 0. The highest BCUT2D eigenvalue weighted by atomic mass is 19.1. The van der Waals surface area contributed by atoms with Crippen LogP contribution in [0, 0.1) is 5.82 Å². The SMILES string of the molecule is COc1ccc(Cn2ccc(=O)c3c(NC(C)c4nc5ccc(F)cc5cc4-c4ccccn4)ncnc32)cc1. The van der Waals surface area contributed by atoms with Crippen LogP contribution in [-0.4, -0.2) is 31.6 Å². The minimum absolute atomic E-state index is 0.192. The Morgan fingerprint density at radius 1 is 1.00 bits per heavy atom. The van der Waals surface area contributed by atoms with Crippen LogP contribution in [0.2, 0.25) is 0 Å². The lowest BCUT2D eigenvalue weighted by Gasteiger charge is -2.19. The van der Waals surface area contributed by atoms with Gasteiger partial charge in [-0.3, -0.25) is 9.78 Å². The van der Waals surface area contributed by atoms with E-state index in [1.807, 2.05) is 60.0 Å². The van der Waals surface area contributed by atoms with Crippen molar-refractivity contribution in [2.24, 2.45) is 0 Å². The monoisotopic (exact) mass is 532 g/mol. The molecule has 1 unspecified atom stereocenters. The molecule has 0 fully saturated rings. The van der Waals surface area contributed by atoms with Gasteiger partial charge in [0.2, 0.25) is 0 Å². The second-order valence-electron chi connectivity index (χ2n) is 9.42. The minimum atomic E-state index is -0.376. The molecule has 0 aliphatic rings. The van der Waals surface area contributed by atoms with Crippen LogP contribution < -0.4 is 15.5 Å². The van der Waals surface area contributed by atoms with Gasteiger partial charge in [0.05, 0.1) is 30.1 Å².